The molecule has 15 heavy (non-hydrogen) atoms. The Morgan fingerprint density at radius 1 is 1.47 bits per heavy atom. The van der Waals surface area contributed by atoms with Crippen molar-refractivity contribution >= 4 is 17.4 Å². The van der Waals surface area contributed by atoms with Gasteiger partial charge in [-0.2, -0.15) is 0 Å². The lowest BCUT2D eigenvalue weighted by atomic mass is 10.3. The Morgan fingerprint density at radius 3 is 2.73 bits per heavy atom. The Balaban J connectivity index is 2.84. The van der Waals surface area contributed by atoms with Crippen molar-refractivity contribution in [2.24, 2.45) is 0 Å². The molecule has 0 bridgehead atoms. The Hall–Kier alpha value is -2.11. The maximum atomic E-state index is 11.1. The standard InChI is InChI=1S/C9H11N3O3/c1-2-10-9(13)11-7-5-3-4-6-8(7)12(14)15/h3-6H,2H2,1H3,(H2,10,11,13). The Labute approximate surface area is 86.4 Å². The molecule has 0 aliphatic heterocycles. The average molecular weight is 209 g/mol. The highest BCUT2D eigenvalue weighted by Gasteiger charge is 2.13. The van der Waals surface area contributed by atoms with E-state index in [-0.39, 0.29) is 11.4 Å². The van der Waals surface area contributed by atoms with Crippen molar-refractivity contribution in [3.05, 3.63) is 34.4 Å². The van der Waals surface area contributed by atoms with Crippen molar-refractivity contribution in [2.45, 2.75) is 6.92 Å². The van der Waals surface area contributed by atoms with E-state index in [9.17, 15) is 14.9 Å². The van der Waals surface area contributed by atoms with Crippen LogP contribution in [0.15, 0.2) is 24.3 Å². The SMILES string of the molecule is CCNC(=O)Nc1ccccc1[N+](=O)[O-]. The smallest absolute Gasteiger partial charge is 0.319 e. The average Bonchev–Trinajstić information content (AvgIpc) is 2.18. The fourth-order valence-corrected chi connectivity index (χ4v) is 1.07. The molecule has 0 atom stereocenters. The van der Waals surface area contributed by atoms with E-state index in [1.165, 1.54) is 12.1 Å². The second kappa shape index (κ2) is 4.94. The van der Waals surface area contributed by atoms with Crippen LogP contribution in [-0.4, -0.2) is 17.5 Å². The van der Waals surface area contributed by atoms with Gasteiger partial charge in [0.1, 0.15) is 5.69 Å². The third-order valence-electron chi connectivity index (χ3n) is 1.69. The summed E-state index contributed by atoms with van der Waals surface area (Å²) in [5.41, 5.74) is 0.0669. The summed E-state index contributed by atoms with van der Waals surface area (Å²) >= 11 is 0. The number of nitro groups is 1. The molecule has 0 unspecified atom stereocenters. The number of nitrogens with zero attached hydrogens (tertiary/aromatic N) is 1. The van der Waals surface area contributed by atoms with Crippen LogP contribution in [0.5, 0.6) is 0 Å². The molecule has 0 radical (unpaired) electrons. The molecule has 6 nitrogen and oxygen atoms in total. The molecule has 0 heterocycles. The summed E-state index contributed by atoms with van der Waals surface area (Å²) in [6.07, 6.45) is 0. The summed E-state index contributed by atoms with van der Waals surface area (Å²) in [5.74, 6) is 0. The lowest BCUT2D eigenvalue weighted by molar-refractivity contribution is -0.383. The van der Waals surface area contributed by atoms with Crippen LogP contribution < -0.4 is 10.6 Å². The van der Waals surface area contributed by atoms with Gasteiger partial charge in [-0.3, -0.25) is 10.1 Å². The molecule has 1 rings (SSSR count). The van der Waals surface area contributed by atoms with E-state index in [2.05, 4.69) is 10.6 Å². The topological polar surface area (TPSA) is 84.3 Å². The third-order valence-corrected chi connectivity index (χ3v) is 1.69. The highest BCUT2D eigenvalue weighted by Crippen LogP contribution is 2.22. The predicted molar refractivity (Wildman–Crippen MR) is 55.8 cm³/mol. The number of carbonyl (C=O) groups is 1. The maximum Gasteiger partial charge on any atom is 0.319 e. The molecule has 80 valence electrons. The van der Waals surface area contributed by atoms with E-state index in [1.54, 1.807) is 19.1 Å². The first-order valence-electron chi connectivity index (χ1n) is 4.43. The third kappa shape index (κ3) is 2.94. The fraction of sp³-hybridized carbons (Fsp3) is 0.222. The van der Waals surface area contributed by atoms with Crippen LogP contribution in [0.1, 0.15) is 6.92 Å². The Bertz CT molecular complexity index is 379. The number of carbonyl (C=O) groups excluding carboxylic acids is 1. The molecule has 0 saturated carbocycles. The molecule has 0 aliphatic rings. The van der Waals surface area contributed by atoms with E-state index >= 15 is 0 Å². The molecule has 0 aromatic heterocycles. The molecule has 6 heteroatoms. The molecule has 0 fully saturated rings. The maximum absolute atomic E-state index is 11.1. The van der Waals surface area contributed by atoms with Crippen molar-refractivity contribution in [1.29, 1.82) is 0 Å². The van der Waals surface area contributed by atoms with Gasteiger partial charge in [0.05, 0.1) is 4.92 Å². The number of anilines is 1. The Kier molecular flexibility index (Phi) is 3.61. The molecule has 1 aromatic rings. The van der Waals surface area contributed by atoms with Gasteiger partial charge in [-0.25, -0.2) is 4.79 Å². The van der Waals surface area contributed by atoms with Crippen LogP contribution in [-0.2, 0) is 0 Å². The molecule has 2 N–H and O–H groups in total. The summed E-state index contributed by atoms with van der Waals surface area (Å²) in [4.78, 5) is 21.2. The van der Waals surface area contributed by atoms with Crippen LogP contribution >= 0.6 is 0 Å². The van der Waals surface area contributed by atoms with Crippen LogP contribution in [0.4, 0.5) is 16.2 Å². The zero-order valence-electron chi connectivity index (χ0n) is 8.19. The first kappa shape index (κ1) is 11.0. The van der Waals surface area contributed by atoms with E-state index < -0.39 is 11.0 Å². The van der Waals surface area contributed by atoms with Gasteiger partial charge in [0.2, 0.25) is 0 Å². The Morgan fingerprint density at radius 2 is 2.13 bits per heavy atom. The van der Waals surface area contributed by atoms with Crippen molar-refractivity contribution in [3.63, 3.8) is 0 Å². The van der Waals surface area contributed by atoms with Crippen molar-refractivity contribution < 1.29 is 9.72 Å². The van der Waals surface area contributed by atoms with Crippen molar-refractivity contribution in [2.75, 3.05) is 11.9 Å². The van der Waals surface area contributed by atoms with Gasteiger partial charge in [0.15, 0.2) is 0 Å². The molecule has 0 spiro atoms. The molecule has 2 amide bonds. The molecule has 0 saturated heterocycles. The summed E-state index contributed by atoms with van der Waals surface area (Å²) in [6, 6.07) is 5.52. The van der Waals surface area contributed by atoms with Crippen LogP contribution in [0.25, 0.3) is 0 Å². The molecule has 1 aromatic carbocycles. The molecular formula is C9H11N3O3. The van der Waals surface area contributed by atoms with E-state index in [1.807, 2.05) is 0 Å². The summed E-state index contributed by atoms with van der Waals surface area (Å²) in [5, 5.41) is 15.5. The highest BCUT2D eigenvalue weighted by molar-refractivity contribution is 5.91. The van der Waals surface area contributed by atoms with Gasteiger partial charge >= 0.3 is 6.03 Å². The van der Waals surface area contributed by atoms with Gasteiger partial charge in [0, 0.05) is 12.6 Å². The number of para-hydroxylation sites is 2. The zero-order chi connectivity index (χ0) is 11.3. The summed E-state index contributed by atoms with van der Waals surface area (Å²) < 4.78 is 0. The molecule has 0 aliphatic carbocycles. The van der Waals surface area contributed by atoms with Gasteiger partial charge in [-0.05, 0) is 13.0 Å². The van der Waals surface area contributed by atoms with E-state index in [4.69, 9.17) is 0 Å². The number of hydrogen-bond acceptors (Lipinski definition) is 3. The van der Waals surface area contributed by atoms with Gasteiger partial charge < -0.3 is 10.6 Å². The lowest BCUT2D eigenvalue weighted by Gasteiger charge is -2.05. The quantitative estimate of drug-likeness (QED) is 0.587. The van der Waals surface area contributed by atoms with Crippen molar-refractivity contribution in [1.82, 2.24) is 5.32 Å². The van der Waals surface area contributed by atoms with E-state index in [0.717, 1.165) is 0 Å². The van der Waals surface area contributed by atoms with Gasteiger partial charge in [-0.1, -0.05) is 12.1 Å². The number of nitrogens with one attached hydrogen (secondary N) is 2. The number of benzene rings is 1. The lowest BCUT2D eigenvalue weighted by Crippen LogP contribution is -2.28. The first-order chi connectivity index (χ1) is 7.15. The van der Waals surface area contributed by atoms with Crippen LogP contribution in [0, 0.1) is 10.1 Å². The van der Waals surface area contributed by atoms with Crippen molar-refractivity contribution in [3.8, 4) is 0 Å². The molecular weight excluding hydrogens is 198 g/mol. The normalized spacial score (nSPS) is 9.40. The highest BCUT2D eigenvalue weighted by atomic mass is 16.6. The number of urea groups is 1. The number of nitro benzene ring substituents is 1. The summed E-state index contributed by atoms with van der Waals surface area (Å²) in [6.45, 7) is 2.23. The van der Waals surface area contributed by atoms with Gasteiger partial charge in [-0.15, -0.1) is 0 Å². The van der Waals surface area contributed by atoms with E-state index in [0.29, 0.717) is 6.54 Å². The van der Waals surface area contributed by atoms with Gasteiger partial charge in [0.25, 0.3) is 5.69 Å². The number of hydrogen-bond donors (Lipinski definition) is 2. The van der Waals surface area contributed by atoms with Crippen LogP contribution in [0.3, 0.4) is 0 Å². The number of rotatable bonds is 3. The fourth-order valence-electron chi connectivity index (χ4n) is 1.07. The minimum Gasteiger partial charge on any atom is -0.338 e. The predicted octanol–water partition coefficient (Wildman–Crippen LogP) is 1.74. The second-order valence-electron chi connectivity index (χ2n) is 2.76. The number of amides is 2. The van der Waals surface area contributed by atoms with Crippen LogP contribution in [0.2, 0.25) is 0 Å². The second-order valence-corrected chi connectivity index (χ2v) is 2.76. The summed E-state index contributed by atoms with van der Waals surface area (Å²) in [7, 11) is 0. The first-order valence-corrected chi connectivity index (χ1v) is 4.43. The minimum absolute atomic E-state index is 0.122. The largest absolute Gasteiger partial charge is 0.338 e. The zero-order valence-corrected chi connectivity index (χ0v) is 8.19. The monoisotopic (exact) mass is 209 g/mol. The minimum atomic E-state index is -0.540.